The molecule has 9 heteroatoms. The molecule has 1 unspecified atom stereocenters. The third-order valence-corrected chi connectivity index (χ3v) is 5.90. The number of benzene rings is 3. The molecule has 1 N–H and O–H groups in total. The second-order valence-electron chi connectivity index (χ2n) is 8.16. The van der Waals surface area contributed by atoms with Crippen molar-refractivity contribution >= 4 is 29.2 Å². The largest absolute Gasteiger partial charge is 0.454 e. The molecule has 3 aromatic rings. The molecule has 0 saturated carbocycles. The molecule has 1 heterocycles. The fourth-order valence-corrected chi connectivity index (χ4v) is 3.88. The molecule has 0 spiro atoms. The third kappa shape index (κ3) is 5.03. The van der Waals surface area contributed by atoms with Crippen molar-refractivity contribution in [1.82, 2.24) is 0 Å². The van der Waals surface area contributed by atoms with E-state index in [2.05, 4.69) is 5.32 Å². The van der Waals surface area contributed by atoms with Crippen LogP contribution in [-0.2, 0) is 20.7 Å². The third-order valence-electron chi connectivity index (χ3n) is 5.90. The Bertz CT molecular complexity index is 1340. The molecule has 1 aliphatic heterocycles. The smallest absolute Gasteiger partial charge is 0.339 e. The second-order valence-corrected chi connectivity index (χ2v) is 8.16. The highest BCUT2D eigenvalue weighted by atomic mass is 16.6. The molecular weight excluding hydrogens is 452 g/mol. The molecule has 0 fully saturated rings. The van der Waals surface area contributed by atoms with Gasteiger partial charge in [0.15, 0.2) is 6.61 Å². The zero-order chi connectivity index (χ0) is 25.1. The van der Waals surface area contributed by atoms with Crippen molar-refractivity contribution in [2.24, 2.45) is 0 Å². The molecule has 9 nitrogen and oxygen atoms in total. The molecule has 0 aliphatic carbocycles. The lowest BCUT2D eigenvalue weighted by Crippen LogP contribution is -2.24. The summed E-state index contributed by atoms with van der Waals surface area (Å²) in [6, 6.07) is 16.7. The van der Waals surface area contributed by atoms with Crippen LogP contribution in [0.1, 0.15) is 49.1 Å². The van der Waals surface area contributed by atoms with Crippen LogP contribution in [0.2, 0.25) is 0 Å². The standard InChI is InChI=1S/C26H22N2O7/c1-15-8-11-21(28(32)33)24(16(15)2)27-23(29)14-34-25(30)18-9-10-20-19(12-18)13-22(35-26(20)31)17-6-4-3-5-7-17/h3-12,22H,13-14H2,1-2H3,(H,27,29). The summed E-state index contributed by atoms with van der Waals surface area (Å²) in [5.41, 5.74) is 3.16. The Morgan fingerprint density at radius 3 is 2.57 bits per heavy atom. The van der Waals surface area contributed by atoms with Crippen LogP contribution < -0.4 is 5.32 Å². The summed E-state index contributed by atoms with van der Waals surface area (Å²) in [7, 11) is 0. The monoisotopic (exact) mass is 474 g/mol. The van der Waals surface area contributed by atoms with Gasteiger partial charge in [-0.2, -0.15) is 0 Å². The first-order valence-electron chi connectivity index (χ1n) is 10.8. The minimum absolute atomic E-state index is 0.0651. The van der Waals surface area contributed by atoms with Crippen LogP contribution >= 0.6 is 0 Å². The number of fused-ring (bicyclic) bond motifs is 1. The van der Waals surface area contributed by atoms with Gasteiger partial charge in [0.05, 0.1) is 16.1 Å². The number of carbonyl (C=O) groups excluding carboxylic acids is 3. The van der Waals surface area contributed by atoms with Crippen molar-refractivity contribution in [2.45, 2.75) is 26.4 Å². The topological polar surface area (TPSA) is 125 Å². The van der Waals surface area contributed by atoms with E-state index in [0.717, 1.165) is 11.1 Å². The van der Waals surface area contributed by atoms with Crippen molar-refractivity contribution in [3.63, 3.8) is 0 Å². The predicted molar refractivity (Wildman–Crippen MR) is 126 cm³/mol. The number of esters is 2. The number of nitrogens with zero attached hydrogens (tertiary/aromatic N) is 1. The summed E-state index contributed by atoms with van der Waals surface area (Å²) in [5, 5.41) is 13.8. The normalized spacial score (nSPS) is 14.5. The quantitative estimate of drug-likeness (QED) is 0.318. The number of hydrogen-bond acceptors (Lipinski definition) is 7. The number of anilines is 1. The zero-order valence-corrected chi connectivity index (χ0v) is 19.1. The van der Waals surface area contributed by atoms with Crippen LogP contribution in [0, 0.1) is 24.0 Å². The molecule has 1 amide bonds. The van der Waals surface area contributed by atoms with Gasteiger partial charge >= 0.3 is 11.9 Å². The molecule has 0 bridgehead atoms. The van der Waals surface area contributed by atoms with Crippen molar-refractivity contribution in [3.8, 4) is 0 Å². The maximum Gasteiger partial charge on any atom is 0.339 e. The summed E-state index contributed by atoms with van der Waals surface area (Å²) < 4.78 is 10.6. The molecule has 3 aromatic carbocycles. The lowest BCUT2D eigenvalue weighted by Gasteiger charge is -2.25. The minimum atomic E-state index is -0.756. The van der Waals surface area contributed by atoms with Gasteiger partial charge in [0, 0.05) is 12.5 Å². The second kappa shape index (κ2) is 9.76. The van der Waals surface area contributed by atoms with Gasteiger partial charge in [-0.1, -0.05) is 36.4 Å². The Morgan fingerprint density at radius 2 is 1.86 bits per heavy atom. The average Bonchev–Trinajstić information content (AvgIpc) is 2.85. The fraction of sp³-hybridized carbons (Fsp3) is 0.192. The number of ether oxygens (including phenoxy) is 2. The van der Waals surface area contributed by atoms with Crippen LogP contribution in [0.25, 0.3) is 0 Å². The number of nitro benzene ring substituents is 1. The molecule has 0 aromatic heterocycles. The van der Waals surface area contributed by atoms with Gasteiger partial charge < -0.3 is 14.8 Å². The lowest BCUT2D eigenvalue weighted by atomic mass is 9.93. The highest BCUT2D eigenvalue weighted by Gasteiger charge is 2.28. The molecule has 0 radical (unpaired) electrons. The Hall–Kier alpha value is -4.53. The number of aryl methyl sites for hydroxylation is 1. The van der Waals surface area contributed by atoms with Gasteiger partial charge in [0.25, 0.3) is 11.6 Å². The highest BCUT2D eigenvalue weighted by Crippen LogP contribution is 2.32. The van der Waals surface area contributed by atoms with E-state index >= 15 is 0 Å². The maximum absolute atomic E-state index is 12.6. The predicted octanol–water partition coefficient (Wildman–Crippen LogP) is 4.46. The molecule has 4 rings (SSSR count). The number of hydrogen-bond donors (Lipinski definition) is 1. The fourth-order valence-electron chi connectivity index (χ4n) is 3.88. The van der Waals surface area contributed by atoms with E-state index in [1.165, 1.54) is 18.2 Å². The van der Waals surface area contributed by atoms with Crippen LogP contribution in [0.15, 0.2) is 60.7 Å². The SMILES string of the molecule is Cc1ccc([N+](=O)[O-])c(NC(=O)COC(=O)c2ccc3c(c2)CC(c2ccccc2)OC3=O)c1C. The molecule has 0 saturated heterocycles. The molecule has 178 valence electrons. The average molecular weight is 474 g/mol. The van der Waals surface area contributed by atoms with Crippen molar-refractivity contribution in [2.75, 3.05) is 11.9 Å². The van der Waals surface area contributed by atoms with Crippen LogP contribution in [0.3, 0.4) is 0 Å². The van der Waals surface area contributed by atoms with E-state index < -0.39 is 35.5 Å². The van der Waals surface area contributed by atoms with Gasteiger partial charge in [0.1, 0.15) is 11.8 Å². The summed E-state index contributed by atoms with van der Waals surface area (Å²) in [6.45, 7) is 2.79. The number of carbonyl (C=O) groups is 3. The van der Waals surface area contributed by atoms with E-state index in [9.17, 15) is 24.5 Å². The molecular formula is C26H22N2O7. The van der Waals surface area contributed by atoms with Gasteiger partial charge in [-0.25, -0.2) is 9.59 Å². The summed E-state index contributed by atoms with van der Waals surface area (Å²) in [6.07, 6.45) is -0.0789. The molecule has 1 aliphatic rings. The first kappa shape index (κ1) is 23.6. The van der Waals surface area contributed by atoms with Crippen LogP contribution in [0.4, 0.5) is 11.4 Å². The van der Waals surface area contributed by atoms with Gasteiger partial charge in [-0.05, 0) is 54.3 Å². The molecule has 35 heavy (non-hydrogen) atoms. The first-order valence-corrected chi connectivity index (χ1v) is 10.8. The Balaban J connectivity index is 1.44. The van der Waals surface area contributed by atoms with Crippen LogP contribution in [0.5, 0.6) is 0 Å². The number of rotatable bonds is 6. The molecule has 1 atom stereocenters. The van der Waals surface area contributed by atoms with Crippen molar-refractivity contribution in [1.29, 1.82) is 0 Å². The maximum atomic E-state index is 12.6. The number of nitro groups is 1. The van der Waals surface area contributed by atoms with E-state index in [-0.39, 0.29) is 16.9 Å². The number of cyclic esters (lactones) is 1. The highest BCUT2D eigenvalue weighted by molar-refractivity contribution is 5.98. The Morgan fingerprint density at radius 1 is 1.11 bits per heavy atom. The Labute approximate surface area is 200 Å². The van der Waals surface area contributed by atoms with Gasteiger partial charge in [-0.3, -0.25) is 14.9 Å². The minimum Gasteiger partial charge on any atom is -0.454 e. The Kier molecular flexibility index (Phi) is 6.59. The number of nitrogens with one attached hydrogen (secondary N) is 1. The van der Waals surface area contributed by atoms with Gasteiger partial charge in [0.2, 0.25) is 0 Å². The van der Waals surface area contributed by atoms with Crippen molar-refractivity contribution in [3.05, 3.63) is 104 Å². The number of amides is 1. The lowest BCUT2D eigenvalue weighted by molar-refractivity contribution is -0.384. The van der Waals surface area contributed by atoms with Crippen LogP contribution in [-0.4, -0.2) is 29.4 Å². The van der Waals surface area contributed by atoms with Gasteiger partial charge in [-0.15, -0.1) is 0 Å². The van der Waals surface area contributed by atoms with E-state index in [4.69, 9.17) is 9.47 Å². The summed E-state index contributed by atoms with van der Waals surface area (Å²) >= 11 is 0. The van der Waals surface area contributed by atoms with E-state index in [1.807, 2.05) is 30.3 Å². The van der Waals surface area contributed by atoms with Crippen molar-refractivity contribution < 1.29 is 28.8 Å². The summed E-state index contributed by atoms with van der Waals surface area (Å²) in [5.74, 6) is -1.94. The zero-order valence-electron chi connectivity index (χ0n) is 19.1. The van der Waals surface area contributed by atoms with E-state index in [0.29, 0.717) is 23.1 Å². The van der Waals surface area contributed by atoms with E-state index in [1.54, 1.807) is 26.0 Å². The summed E-state index contributed by atoms with van der Waals surface area (Å²) in [4.78, 5) is 48.1. The first-order chi connectivity index (χ1) is 16.7.